The minimum absolute atomic E-state index is 0.0820. The van der Waals surface area contributed by atoms with Gasteiger partial charge in [0.2, 0.25) is 0 Å². The number of fused-ring (bicyclic) bond motifs is 2. The SMILES string of the molecule is CCN(c1cccc2c1C/C=C\CCc1cc(C)[nH]c(=O)c1CNC2=O)C1CCC(N(C)CC(F)(F)F)CC1. The number of anilines is 1. The van der Waals surface area contributed by atoms with Crippen LogP contribution in [0, 0.1) is 6.92 Å². The Kier molecular flexibility index (Phi) is 9.20. The molecule has 0 radical (unpaired) electrons. The molecule has 1 aromatic carbocycles. The number of benzene rings is 1. The topological polar surface area (TPSA) is 68.4 Å². The third-order valence-corrected chi connectivity index (χ3v) is 8.06. The van der Waals surface area contributed by atoms with Gasteiger partial charge in [-0.25, -0.2) is 0 Å². The number of nitrogens with one attached hydrogen (secondary N) is 2. The minimum Gasteiger partial charge on any atom is -0.369 e. The van der Waals surface area contributed by atoms with Crippen molar-refractivity contribution in [3.8, 4) is 0 Å². The molecule has 2 N–H and O–H groups in total. The summed E-state index contributed by atoms with van der Waals surface area (Å²) in [5, 5.41) is 2.97. The Bertz CT molecular complexity index is 1250. The van der Waals surface area contributed by atoms with Gasteiger partial charge < -0.3 is 15.2 Å². The van der Waals surface area contributed by atoms with Gasteiger partial charge in [-0.3, -0.25) is 14.5 Å². The summed E-state index contributed by atoms with van der Waals surface area (Å²) in [6, 6.07) is 7.84. The van der Waals surface area contributed by atoms with Crippen molar-refractivity contribution in [1.82, 2.24) is 15.2 Å². The second-order valence-corrected chi connectivity index (χ2v) is 10.8. The molecule has 0 atom stereocenters. The Labute approximate surface area is 228 Å². The zero-order chi connectivity index (χ0) is 28.2. The quantitative estimate of drug-likeness (QED) is 0.502. The lowest BCUT2D eigenvalue weighted by Gasteiger charge is -2.41. The Morgan fingerprint density at radius 2 is 1.74 bits per heavy atom. The Hall–Kier alpha value is -3.07. The summed E-state index contributed by atoms with van der Waals surface area (Å²) in [6.45, 7) is 3.94. The van der Waals surface area contributed by atoms with Gasteiger partial charge in [-0.1, -0.05) is 18.2 Å². The van der Waals surface area contributed by atoms with Crippen LogP contribution in [0.1, 0.15) is 71.8 Å². The number of halogens is 3. The number of pyridine rings is 1. The maximum atomic E-state index is 13.4. The maximum Gasteiger partial charge on any atom is 0.401 e. The van der Waals surface area contributed by atoms with Crippen LogP contribution in [0.4, 0.5) is 18.9 Å². The van der Waals surface area contributed by atoms with E-state index in [2.05, 4.69) is 34.3 Å². The number of carbonyl (C=O) groups excluding carboxylic acids is 1. The van der Waals surface area contributed by atoms with Gasteiger partial charge in [0.25, 0.3) is 11.5 Å². The predicted octanol–water partition coefficient (Wildman–Crippen LogP) is 5.29. The number of alkyl halides is 3. The van der Waals surface area contributed by atoms with Crippen molar-refractivity contribution in [3.63, 3.8) is 0 Å². The molecule has 212 valence electrons. The van der Waals surface area contributed by atoms with Crippen LogP contribution in [0.15, 0.2) is 41.2 Å². The van der Waals surface area contributed by atoms with E-state index < -0.39 is 12.7 Å². The van der Waals surface area contributed by atoms with Crippen molar-refractivity contribution >= 4 is 11.6 Å². The fraction of sp³-hybridized carbons (Fsp3) is 0.533. The lowest BCUT2D eigenvalue weighted by molar-refractivity contribution is -0.148. The van der Waals surface area contributed by atoms with Crippen molar-refractivity contribution in [2.45, 2.75) is 83.6 Å². The summed E-state index contributed by atoms with van der Waals surface area (Å²) < 4.78 is 38.7. The zero-order valence-corrected chi connectivity index (χ0v) is 23.0. The van der Waals surface area contributed by atoms with E-state index in [1.54, 1.807) is 7.05 Å². The summed E-state index contributed by atoms with van der Waals surface area (Å²) in [6.07, 6.45) is 5.11. The van der Waals surface area contributed by atoms with Gasteiger partial charge in [0, 0.05) is 47.7 Å². The Balaban J connectivity index is 1.57. The number of hydrogen-bond acceptors (Lipinski definition) is 4. The molecule has 2 heterocycles. The van der Waals surface area contributed by atoms with Crippen molar-refractivity contribution in [2.75, 3.05) is 25.0 Å². The number of amides is 1. The van der Waals surface area contributed by atoms with Crippen LogP contribution < -0.4 is 15.8 Å². The number of aromatic nitrogens is 1. The van der Waals surface area contributed by atoms with E-state index in [0.29, 0.717) is 36.8 Å². The summed E-state index contributed by atoms with van der Waals surface area (Å²) in [4.78, 5) is 32.7. The minimum atomic E-state index is -4.19. The van der Waals surface area contributed by atoms with E-state index in [9.17, 15) is 22.8 Å². The number of aryl methyl sites for hydroxylation is 2. The largest absolute Gasteiger partial charge is 0.401 e. The van der Waals surface area contributed by atoms with Crippen LogP contribution in [-0.2, 0) is 19.4 Å². The average Bonchev–Trinajstić information content (AvgIpc) is 2.87. The molecule has 6 nitrogen and oxygen atoms in total. The fourth-order valence-corrected chi connectivity index (χ4v) is 6.14. The second-order valence-electron chi connectivity index (χ2n) is 10.8. The van der Waals surface area contributed by atoms with E-state index in [1.165, 1.54) is 4.90 Å². The number of nitrogens with zero attached hydrogens (tertiary/aromatic N) is 2. The molecule has 2 aliphatic rings. The monoisotopic (exact) mass is 544 g/mol. The van der Waals surface area contributed by atoms with Crippen LogP contribution in [0.2, 0.25) is 0 Å². The van der Waals surface area contributed by atoms with E-state index in [-0.39, 0.29) is 30.1 Å². The van der Waals surface area contributed by atoms with Crippen LogP contribution in [-0.4, -0.2) is 54.2 Å². The molecule has 0 saturated heterocycles. The molecular weight excluding hydrogens is 505 g/mol. The second kappa shape index (κ2) is 12.4. The van der Waals surface area contributed by atoms with Crippen LogP contribution in [0.3, 0.4) is 0 Å². The highest BCUT2D eigenvalue weighted by atomic mass is 19.4. The first-order valence-electron chi connectivity index (χ1n) is 13.9. The van der Waals surface area contributed by atoms with Gasteiger partial charge in [-0.15, -0.1) is 0 Å². The summed E-state index contributed by atoms with van der Waals surface area (Å²) in [5.41, 5.74) is 4.67. The number of aromatic amines is 1. The molecule has 1 amide bonds. The lowest BCUT2D eigenvalue weighted by atomic mass is 9.88. The molecule has 1 aliphatic heterocycles. The van der Waals surface area contributed by atoms with Gasteiger partial charge in [-0.2, -0.15) is 13.2 Å². The molecule has 39 heavy (non-hydrogen) atoms. The first kappa shape index (κ1) is 28.9. The van der Waals surface area contributed by atoms with Crippen molar-refractivity contribution < 1.29 is 18.0 Å². The van der Waals surface area contributed by atoms with E-state index in [4.69, 9.17) is 0 Å². The number of rotatable bonds is 5. The standard InChI is InChI=1S/C30H39F3N4O2/c1-4-37(23-15-13-22(14-16-23)36(3)19-30(31,32)33)27-12-8-11-25-24(27)10-7-5-6-9-21-17-20(2)35-29(39)26(21)18-34-28(25)38/h5,7-8,11-12,17,22-23H,4,6,9-10,13-16,18-19H2,1-3H3,(H,34,38)(H,35,39)/b7-5-. The Morgan fingerprint density at radius 3 is 2.44 bits per heavy atom. The number of H-pyrrole nitrogens is 1. The summed E-state index contributed by atoms with van der Waals surface area (Å²) in [5.74, 6) is -0.222. The normalized spacial score (nSPS) is 21.3. The van der Waals surface area contributed by atoms with Crippen LogP contribution >= 0.6 is 0 Å². The molecular formula is C30H39F3N4O2. The van der Waals surface area contributed by atoms with Gasteiger partial charge in [0.05, 0.1) is 6.54 Å². The van der Waals surface area contributed by atoms with E-state index in [0.717, 1.165) is 48.3 Å². The first-order valence-corrected chi connectivity index (χ1v) is 13.9. The van der Waals surface area contributed by atoms with Gasteiger partial charge in [0.1, 0.15) is 0 Å². The first-order chi connectivity index (χ1) is 18.6. The highest BCUT2D eigenvalue weighted by Gasteiger charge is 2.35. The van der Waals surface area contributed by atoms with E-state index in [1.807, 2.05) is 31.2 Å². The van der Waals surface area contributed by atoms with Crippen molar-refractivity contribution in [1.29, 1.82) is 0 Å². The zero-order valence-electron chi connectivity index (χ0n) is 23.0. The van der Waals surface area contributed by atoms with Gasteiger partial charge >= 0.3 is 6.18 Å². The smallest absolute Gasteiger partial charge is 0.369 e. The van der Waals surface area contributed by atoms with Crippen molar-refractivity contribution in [3.05, 3.63) is 74.7 Å². The molecule has 0 bridgehead atoms. The van der Waals surface area contributed by atoms with Crippen LogP contribution in [0.25, 0.3) is 0 Å². The maximum absolute atomic E-state index is 13.4. The third kappa shape index (κ3) is 7.12. The summed E-state index contributed by atoms with van der Waals surface area (Å²) >= 11 is 0. The molecule has 9 heteroatoms. The average molecular weight is 545 g/mol. The fourth-order valence-electron chi connectivity index (χ4n) is 6.14. The molecule has 1 aliphatic carbocycles. The molecule has 2 aromatic rings. The highest BCUT2D eigenvalue weighted by molar-refractivity contribution is 5.97. The predicted molar refractivity (Wildman–Crippen MR) is 148 cm³/mol. The number of hydrogen-bond donors (Lipinski definition) is 2. The lowest BCUT2D eigenvalue weighted by Crippen LogP contribution is -2.45. The van der Waals surface area contributed by atoms with Crippen LogP contribution in [0.5, 0.6) is 0 Å². The number of carbonyl (C=O) groups is 1. The Morgan fingerprint density at radius 1 is 1.03 bits per heavy atom. The third-order valence-electron chi connectivity index (χ3n) is 8.06. The molecule has 0 spiro atoms. The summed E-state index contributed by atoms with van der Waals surface area (Å²) in [7, 11) is 1.56. The highest BCUT2D eigenvalue weighted by Crippen LogP contribution is 2.34. The molecule has 1 saturated carbocycles. The molecule has 0 unspecified atom stereocenters. The molecule has 1 fully saturated rings. The van der Waals surface area contributed by atoms with E-state index >= 15 is 0 Å². The molecule has 4 rings (SSSR count). The van der Waals surface area contributed by atoms with Crippen molar-refractivity contribution in [2.24, 2.45) is 0 Å². The number of allylic oxidation sites excluding steroid dienone is 2. The molecule has 1 aromatic heterocycles. The van der Waals surface area contributed by atoms with Gasteiger partial charge in [-0.05, 0) is 95.2 Å². The van der Waals surface area contributed by atoms with Gasteiger partial charge in [0.15, 0.2) is 0 Å².